The summed E-state index contributed by atoms with van der Waals surface area (Å²) in [6.45, 7) is 2.38. The van der Waals surface area contributed by atoms with Crippen LogP contribution >= 0.6 is 0 Å². The Morgan fingerprint density at radius 1 is 1.16 bits per heavy atom. The van der Waals surface area contributed by atoms with Crippen molar-refractivity contribution in [3.05, 3.63) is 35.5 Å². The lowest BCUT2D eigenvalue weighted by molar-refractivity contribution is -0.122. The van der Waals surface area contributed by atoms with Crippen LogP contribution in [0.5, 0.6) is 0 Å². The number of amides is 2. The van der Waals surface area contributed by atoms with Crippen LogP contribution in [0.15, 0.2) is 24.3 Å². The maximum absolute atomic E-state index is 12.5. The van der Waals surface area contributed by atoms with E-state index in [0.717, 1.165) is 29.4 Å². The summed E-state index contributed by atoms with van der Waals surface area (Å²) < 4.78 is 1.97. The number of nitrogens with one attached hydrogen (secondary N) is 2. The molecule has 2 amide bonds. The molecule has 0 saturated heterocycles. The molecule has 2 heterocycles. The summed E-state index contributed by atoms with van der Waals surface area (Å²) in [7, 11) is 7.77. The number of likely N-dealkylation sites (N-methyl/N-ethyl adjacent to an activating group) is 1. The number of benzene rings is 1. The molecule has 0 saturated carbocycles. The van der Waals surface area contributed by atoms with Gasteiger partial charge in [0.15, 0.2) is 5.78 Å². The molecule has 0 bridgehead atoms. The largest absolute Gasteiger partial charge is 0.356 e. The van der Waals surface area contributed by atoms with E-state index in [9.17, 15) is 14.4 Å². The molecule has 0 fully saturated rings. The van der Waals surface area contributed by atoms with E-state index >= 15 is 0 Å². The Kier molecular flexibility index (Phi) is 7.46. The fourth-order valence-corrected chi connectivity index (χ4v) is 4.07. The zero-order chi connectivity index (χ0) is 22.5. The summed E-state index contributed by atoms with van der Waals surface area (Å²) >= 11 is 0. The van der Waals surface area contributed by atoms with E-state index in [2.05, 4.69) is 15.5 Å². The molecule has 0 radical (unpaired) electrons. The van der Waals surface area contributed by atoms with Crippen LogP contribution in [0.1, 0.15) is 34.9 Å². The molecule has 31 heavy (non-hydrogen) atoms. The molecule has 0 spiro atoms. The minimum atomic E-state index is -0.139. The monoisotopic (exact) mass is 427 g/mol. The number of hydrogen-bond acceptors (Lipinski definition) is 5. The van der Waals surface area contributed by atoms with Gasteiger partial charge in [-0.3, -0.25) is 14.4 Å². The summed E-state index contributed by atoms with van der Waals surface area (Å²) in [6, 6.07) is 7.58. The lowest BCUT2D eigenvalue weighted by Gasteiger charge is -2.27. The predicted molar refractivity (Wildman–Crippen MR) is 121 cm³/mol. The molecular formula is C23H33N5O3. The molecule has 2 N–H and O–H groups in total. The minimum Gasteiger partial charge on any atom is -0.356 e. The highest BCUT2D eigenvalue weighted by Gasteiger charge is 2.28. The van der Waals surface area contributed by atoms with Crippen LogP contribution in [0.3, 0.4) is 0 Å². The quantitative estimate of drug-likeness (QED) is 0.554. The molecule has 0 aliphatic carbocycles. The number of rotatable bonds is 10. The van der Waals surface area contributed by atoms with E-state index in [4.69, 9.17) is 0 Å². The maximum Gasteiger partial charge on any atom is 0.268 e. The zero-order valence-corrected chi connectivity index (χ0v) is 18.9. The SMILES string of the molecule is CN(C)CCCNC(=O)CC1CNC(=O)c2cc3cc(CC(=O)CN(C)C)ccc3n21. The van der Waals surface area contributed by atoms with E-state index in [1.54, 1.807) is 0 Å². The van der Waals surface area contributed by atoms with Gasteiger partial charge in [0.2, 0.25) is 5.91 Å². The number of carbonyl (C=O) groups is 3. The van der Waals surface area contributed by atoms with E-state index in [1.165, 1.54) is 0 Å². The molecule has 1 aliphatic rings. The van der Waals surface area contributed by atoms with Gasteiger partial charge in [0.1, 0.15) is 5.69 Å². The zero-order valence-electron chi connectivity index (χ0n) is 18.9. The molecule has 2 aromatic rings. The van der Waals surface area contributed by atoms with Crippen molar-refractivity contribution < 1.29 is 14.4 Å². The Bertz CT molecular complexity index is 964. The second-order valence-electron chi connectivity index (χ2n) is 8.82. The molecule has 1 aliphatic heterocycles. The molecule has 1 aromatic carbocycles. The van der Waals surface area contributed by atoms with Gasteiger partial charge in [0, 0.05) is 36.8 Å². The van der Waals surface area contributed by atoms with Crippen molar-refractivity contribution in [1.82, 2.24) is 25.0 Å². The Morgan fingerprint density at radius 2 is 1.94 bits per heavy atom. The first-order valence-corrected chi connectivity index (χ1v) is 10.7. The summed E-state index contributed by atoms with van der Waals surface area (Å²) in [4.78, 5) is 41.0. The standard InChI is InChI=1S/C23H33N5O3/c1-26(2)9-5-8-24-22(30)13-18-14-25-23(31)21-12-17-10-16(6-7-20(17)28(18)21)11-19(29)15-27(3)4/h6-7,10,12,18H,5,8-9,11,13-15H2,1-4H3,(H,24,30)(H,25,31). The molecule has 8 nitrogen and oxygen atoms in total. The number of ketones is 1. The van der Waals surface area contributed by atoms with E-state index in [-0.39, 0.29) is 23.6 Å². The van der Waals surface area contributed by atoms with Gasteiger partial charge >= 0.3 is 0 Å². The highest BCUT2D eigenvalue weighted by Crippen LogP contribution is 2.29. The topological polar surface area (TPSA) is 86.7 Å². The van der Waals surface area contributed by atoms with Crippen molar-refractivity contribution >= 4 is 28.5 Å². The normalized spacial score (nSPS) is 15.9. The molecule has 1 aromatic heterocycles. The van der Waals surface area contributed by atoms with Crippen molar-refractivity contribution in [2.24, 2.45) is 0 Å². The molecule has 168 valence electrons. The van der Waals surface area contributed by atoms with E-state index in [0.29, 0.717) is 38.2 Å². The minimum absolute atomic E-state index is 0.0152. The van der Waals surface area contributed by atoms with Crippen LogP contribution in [0, 0.1) is 0 Å². The Morgan fingerprint density at radius 3 is 2.65 bits per heavy atom. The van der Waals surface area contributed by atoms with Crippen molar-refractivity contribution in [2.45, 2.75) is 25.3 Å². The third kappa shape index (κ3) is 5.92. The average molecular weight is 428 g/mol. The van der Waals surface area contributed by atoms with E-state index in [1.807, 2.05) is 61.9 Å². The van der Waals surface area contributed by atoms with Gasteiger partial charge in [0.05, 0.1) is 12.6 Å². The van der Waals surface area contributed by atoms with Crippen LogP contribution < -0.4 is 10.6 Å². The van der Waals surface area contributed by atoms with Crippen LogP contribution in [0.2, 0.25) is 0 Å². The first-order chi connectivity index (χ1) is 14.7. The van der Waals surface area contributed by atoms with Crippen LogP contribution in [-0.4, -0.2) is 86.3 Å². The fraction of sp³-hybridized carbons (Fsp3) is 0.522. The summed E-state index contributed by atoms with van der Waals surface area (Å²) in [5.41, 5.74) is 2.40. The lowest BCUT2D eigenvalue weighted by atomic mass is 10.1. The molecule has 3 rings (SSSR count). The number of aromatic nitrogens is 1. The summed E-state index contributed by atoms with van der Waals surface area (Å²) in [5, 5.41) is 6.80. The van der Waals surface area contributed by atoms with Gasteiger partial charge in [0.25, 0.3) is 5.91 Å². The van der Waals surface area contributed by atoms with E-state index < -0.39 is 0 Å². The van der Waals surface area contributed by atoms with Crippen LogP contribution in [0.25, 0.3) is 10.9 Å². The first-order valence-electron chi connectivity index (χ1n) is 10.7. The van der Waals surface area contributed by atoms with Gasteiger partial charge in [-0.1, -0.05) is 6.07 Å². The second-order valence-corrected chi connectivity index (χ2v) is 8.82. The molecule has 8 heteroatoms. The van der Waals surface area contributed by atoms with Crippen molar-refractivity contribution in [1.29, 1.82) is 0 Å². The van der Waals surface area contributed by atoms with Crippen LogP contribution in [0.4, 0.5) is 0 Å². The number of Topliss-reactive ketones (excluding diaryl/α,β-unsaturated/α-hetero) is 1. The number of nitrogens with zero attached hydrogens (tertiary/aromatic N) is 3. The third-order valence-corrected chi connectivity index (χ3v) is 5.42. The van der Waals surface area contributed by atoms with Gasteiger partial charge in [-0.05, 0) is 64.9 Å². The lowest BCUT2D eigenvalue weighted by Crippen LogP contribution is -2.41. The maximum atomic E-state index is 12.5. The third-order valence-electron chi connectivity index (χ3n) is 5.42. The molecule has 1 atom stereocenters. The fourth-order valence-electron chi connectivity index (χ4n) is 4.07. The summed E-state index contributed by atoms with van der Waals surface area (Å²) in [6.07, 6.45) is 1.56. The number of fused-ring (bicyclic) bond motifs is 3. The Balaban J connectivity index is 1.75. The van der Waals surface area contributed by atoms with Crippen LogP contribution in [-0.2, 0) is 16.0 Å². The van der Waals surface area contributed by atoms with Gasteiger partial charge in [-0.15, -0.1) is 0 Å². The Labute approximate surface area is 183 Å². The second kappa shape index (κ2) is 10.1. The predicted octanol–water partition coefficient (Wildman–Crippen LogP) is 1.06. The average Bonchev–Trinajstić information content (AvgIpc) is 3.06. The Hall–Kier alpha value is -2.71. The molecule has 1 unspecified atom stereocenters. The number of carbonyl (C=O) groups excluding carboxylic acids is 3. The van der Waals surface area contributed by atoms with Crippen molar-refractivity contribution in [3.63, 3.8) is 0 Å². The number of hydrogen-bond donors (Lipinski definition) is 2. The molecular weight excluding hydrogens is 394 g/mol. The highest BCUT2D eigenvalue weighted by molar-refractivity contribution is 6.00. The van der Waals surface area contributed by atoms with Gasteiger partial charge in [-0.25, -0.2) is 0 Å². The van der Waals surface area contributed by atoms with Gasteiger partial charge in [-0.2, -0.15) is 0 Å². The van der Waals surface area contributed by atoms with Crippen molar-refractivity contribution in [3.8, 4) is 0 Å². The smallest absolute Gasteiger partial charge is 0.268 e. The van der Waals surface area contributed by atoms with Crippen molar-refractivity contribution in [2.75, 3.05) is 54.4 Å². The first kappa shape index (κ1) is 23.0. The highest BCUT2D eigenvalue weighted by atomic mass is 16.2. The summed E-state index contributed by atoms with van der Waals surface area (Å²) in [5.74, 6) is -0.00226. The van der Waals surface area contributed by atoms with Gasteiger partial charge < -0.3 is 25.0 Å².